The lowest BCUT2D eigenvalue weighted by molar-refractivity contribution is -0.136. The van der Waals surface area contributed by atoms with Crippen LogP contribution in [-0.4, -0.2) is 40.3 Å². The van der Waals surface area contributed by atoms with E-state index in [1.54, 1.807) is 6.07 Å². The number of benzene rings is 3. The fourth-order valence-corrected chi connectivity index (χ4v) is 4.08. The van der Waals surface area contributed by atoms with Gasteiger partial charge in [-0.2, -0.15) is 0 Å². The Kier molecular flexibility index (Phi) is 8.00. The number of aromatic nitrogens is 2. The zero-order valence-corrected chi connectivity index (χ0v) is 20.8. The Hall–Kier alpha value is -4.13. The first kappa shape index (κ1) is 25.0. The molecule has 0 amide bonds. The van der Waals surface area contributed by atoms with Gasteiger partial charge in [-0.05, 0) is 61.7 Å². The molecule has 2 N–H and O–H groups in total. The zero-order chi connectivity index (χ0) is 25.5. The van der Waals surface area contributed by atoms with Gasteiger partial charge in [-0.25, -0.2) is 9.97 Å². The molecule has 0 aliphatic carbocycles. The summed E-state index contributed by atoms with van der Waals surface area (Å²) in [7, 11) is 0. The summed E-state index contributed by atoms with van der Waals surface area (Å²) in [5.74, 6) is 1.27. The second kappa shape index (κ2) is 11.5. The highest BCUT2D eigenvalue weighted by Crippen LogP contribution is 2.29. The third-order valence-electron chi connectivity index (χ3n) is 5.66. The third kappa shape index (κ3) is 6.30. The fourth-order valence-electron chi connectivity index (χ4n) is 4.08. The second-order valence-corrected chi connectivity index (χ2v) is 8.76. The van der Waals surface area contributed by atoms with Crippen molar-refractivity contribution < 1.29 is 19.4 Å². The summed E-state index contributed by atoms with van der Waals surface area (Å²) >= 11 is 0. The van der Waals surface area contributed by atoms with E-state index in [2.05, 4.69) is 39.6 Å². The minimum Gasteiger partial charge on any atom is -0.494 e. The molecule has 7 nitrogen and oxygen atoms in total. The maximum absolute atomic E-state index is 11.2. The van der Waals surface area contributed by atoms with Crippen molar-refractivity contribution in [1.82, 2.24) is 9.97 Å². The average Bonchev–Trinajstić information content (AvgIpc) is 2.85. The first-order valence-corrected chi connectivity index (χ1v) is 12.1. The van der Waals surface area contributed by atoms with Crippen LogP contribution in [0.1, 0.15) is 31.9 Å². The summed E-state index contributed by atoms with van der Waals surface area (Å²) in [4.78, 5) is 19.9. The van der Waals surface area contributed by atoms with Crippen LogP contribution in [-0.2, 0) is 17.6 Å². The van der Waals surface area contributed by atoms with Crippen molar-refractivity contribution in [2.24, 2.45) is 0 Å². The topological polar surface area (TPSA) is 93.6 Å². The Morgan fingerprint density at radius 2 is 1.75 bits per heavy atom. The van der Waals surface area contributed by atoms with Gasteiger partial charge in [-0.3, -0.25) is 4.79 Å². The number of rotatable bonds is 11. The van der Waals surface area contributed by atoms with Crippen molar-refractivity contribution in [2.75, 3.05) is 18.5 Å². The number of anilines is 1. The number of ether oxygens (including phenoxy) is 2. The number of carboxylic acids is 1. The lowest BCUT2D eigenvalue weighted by Crippen LogP contribution is -2.11. The third-order valence-corrected chi connectivity index (χ3v) is 5.66. The van der Waals surface area contributed by atoms with E-state index < -0.39 is 5.97 Å². The highest BCUT2D eigenvalue weighted by atomic mass is 16.5. The van der Waals surface area contributed by atoms with E-state index in [9.17, 15) is 4.79 Å². The maximum Gasteiger partial charge on any atom is 0.307 e. The van der Waals surface area contributed by atoms with E-state index >= 15 is 0 Å². The van der Waals surface area contributed by atoms with E-state index in [1.165, 1.54) is 11.7 Å². The van der Waals surface area contributed by atoms with Gasteiger partial charge in [0.15, 0.2) is 0 Å². The van der Waals surface area contributed by atoms with Gasteiger partial charge in [-0.15, -0.1) is 0 Å². The molecule has 186 valence electrons. The molecule has 1 heterocycles. The van der Waals surface area contributed by atoms with Crippen molar-refractivity contribution in [1.29, 1.82) is 0 Å². The first-order valence-electron chi connectivity index (χ1n) is 12.1. The SMILES string of the molecule is CCOc1cc(-c2cc(NCCc3cc4ccccc4cc3OC(C)C)ncn2)ccc1CC(=O)O. The van der Waals surface area contributed by atoms with Crippen LogP contribution in [0.2, 0.25) is 0 Å². The number of aliphatic carboxylic acids is 1. The van der Waals surface area contributed by atoms with Crippen LogP contribution in [0, 0.1) is 0 Å². The number of nitrogens with one attached hydrogen (secondary N) is 1. The molecular weight excluding hydrogens is 454 g/mol. The van der Waals surface area contributed by atoms with Gasteiger partial charge in [0.2, 0.25) is 0 Å². The van der Waals surface area contributed by atoms with Crippen molar-refractivity contribution in [3.8, 4) is 22.8 Å². The fraction of sp³-hybridized carbons (Fsp3) is 0.276. The molecule has 0 aliphatic rings. The van der Waals surface area contributed by atoms with E-state index in [4.69, 9.17) is 14.6 Å². The summed E-state index contributed by atoms with van der Waals surface area (Å²) in [5.41, 5.74) is 3.33. The Balaban J connectivity index is 1.50. The second-order valence-electron chi connectivity index (χ2n) is 8.76. The highest BCUT2D eigenvalue weighted by Gasteiger charge is 2.12. The van der Waals surface area contributed by atoms with Crippen molar-refractivity contribution in [3.05, 3.63) is 78.1 Å². The van der Waals surface area contributed by atoms with Gasteiger partial charge >= 0.3 is 5.97 Å². The average molecular weight is 486 g/mol. The number of carboxylic acid groups (broad SMARTS) is 1. The first-order chi connectivity index (χ1) is 17.4. The molecule has 0 saturated heterocycles. The predicted octanol–water partition coefficient (Wildman–Crippen LogP) is 5.76. The number of fused-ring (bicyclic) bond motifs is 1. The molecule has 36 heavy (non-hydrogen) atoms. The standard InChI is InChI=1S/C29H31N3O4/c1-4-35-26-15-22(9-10-23(26)16-29(33)34)25-17-28(32-18-31-25)30-12-11-24-13-20-7-5-6-8-21(20)14-27(24)36-19(2)3/h5-10,13-15,17-19H,4,11-12,16H2,1-3H3,(H,33,34)(H,30,31,32). The van der Waals surface area contributed by atoms with Gasteiger partial charge in [0.25, 0.3) is 0 Å². The van der Waals surface area contributed by atoms with Gasteiger partial charge in [0.1, 0.15) is 23.6 Å². The molecular formula is C29H31N3O4. The molecule has 0 radical (unpaired) electrons. The molecule has 3 aromatic carbocycles. The summed E-state index contributed by atoms with van der Waals surface area (Å²) in [5, 5.41) is 14.9. The summed E-state index contributed by atoms with van der Waals surface area (Å²) in [6, 6.07) is 19.9. The van der Waals surface area contributed by atoms with Crippen LogP contribution in [0.4, 0.5) is 5.82 Å². The Morgan fingerprint density at radius 1 is 0.972 bits per heavy atom. The molecule has 0 atom stereocenters. The van der Waals surface area contributed by atoms with Crippen molar-refractivity contribution in [2.45, 2.75) is 39.7 Å². The normalized spacial score (nSPS) is 11.0. The number of hydrogen-bond donors (Lipinski definition) is 2. The van der Waals surface area contributed by atoms with Crippen LogP contribution in [0.15, 0.2) is 67.0 Å². The Morgan fingerprint density at radius 3 is 2.47 bits per heavy atom. The van der Waals surface area contributed by atoms with E-state index in [1.807, 2.05) is 51.1 Å². The summed E-state index contributed by atoms with van der Waals surface area (Å²) < 4.78 is 11.8. The highest BCUT2D eigenvalue weighted by molar-refractivity contribution is 5.85. The maximum atomic E-state index is 11.2. The van der Waals surface area contributed by atoms with Gasteiger partial charge < -0.3 is 19.9 Å². The van der Waals surface area contributed by atoms with Gasteiger partial charge in [0, 0.05) is 23.7 Å². The van der Waals surface area contributed by atoms with Gasteiger partial charge in [0.05, 0.1) is 24.8 Å². The Bertz CT molecular complexity index is 1350. The van der Waals surface area contributed by atoms with E-state index in [0.717, 1.165) is 34.4 Å². The van der Waals surface area contributed by atoms with Crippen LogP contribution in [0.5, 0.6) is 11.5 Å². The summed E-state index contributed by atoms with van der Waals surface area (Å²) in [6.07, 6.45) is 2.28. The van der Waals surface area contributed by atoms with Crippen LogP contribution in [0.3, 0.4) is 0 Å². The molecule has 0 bridgehead atoms. The smallest absolute Gasteiger partial charge is 0.307 e. The van der Waals surface area contributed by atoms with Crippen LogP contribution < -0.4 is 14.8 Å². The minimum atomic E-state index is -0.898. The molecule has 0 spiro atoms. The van der Waals surface area contributed by atoms with Crippen LogP contribution >= 0.6 is 0 Å². The largest absolute Gasteiger partial charge is 0.494 e. The number of carbonyl (C=O) groups is 1. The lowest BCUT2D eigenvalue weighted by atomic mass is 10.0. The molecule has 0 aliphatic heterocycles. The lowest BCUT2D eigenvalue weighted by Gasteiger charge is -2.16. The minimum absolute atomic E-state index is 0.0887. The molecule has 0 saturated carbocycles. The zero-order valence-electron chi connectivity index (χ0n) is 20.8. The number of nitrogens with zero attached hydrogens (tertiary/aromatic N) is 2. The predicted molar refractivity (Wildman–Crippen MR) is 142 cm³/mol. The van der Waals surface area contributed by atoms with Crippen molar-refractivity contribution in [3.63, 3.8) is 0 Å². The quantitative estimate of drug-likeness (QED) is 0.279. The Labute approximate surface area is 211 Å². The summed E-state index contributed by atoms with van der Waals surface area (Å²) in [6.45, 7) is 7.06. The van der Waals surface area contributed by atoms with Gasteiger partial charge in [-0.1, -0.05) is 36.4 Å². The molecule has 7 heteroatoms. The monoisotopic (exact) mass is 485 g/mol. The molecule has 1 aromatic heterocycles. The van der Waals surface area contributed by atoms with E-state index in [0.29, 0.717) is 30.3 Å². The molecule has 4 rings (SSSR count). The van der Waals surface area contributed by atoms with Crippen molar-refractivity contribution >= 4 is 22.6 Å². The molecule has 0 unspecified atom stereocenters. The molecule has 4 aromatic rings. The number of hydrogen-bond acceptors (Lipinski definition) is 6. The molecule has 0 fully saturated rings. The van der Waals surface area contributed by atoms with Crippen LogP contribution in [0.25, 0.3) is 22.0 Å². The van der Waals surface area contributed by atoms with E-state index in [-0.39, 0.29) is 12.5 Å².